The number of carbonyl (C=O) groups excluding carboxylic acids is 1. The summed E-state index contributed by atoms with van der Waals surface area (Å²) < 4.78 is 13.1. The molecule has 1 heterocycles. The Bertz CT molecular complexity index is 578. The number of halogens is 1. The smallest absolute Gasteiger partial charge is 0.211 e. The Labute approximate surface area is 99.1 Å². The molecule has 0 fully saturated rings. The van der Waals surface area contributed by atoms with Crippen LogP contribution in [0.3, 0.4) is 0 Å². The van der Waals surface area contributed by atoms with Crippen LogP contribution in [0.15, 0.2) is 36.5 Å². The monoisotopic (exact) mass is 229 g/mol. The van der Waals surface area contributed by atoms with E-state index >= 15 is 0 Å². The van der Waals surface area contributed by atoms with Crippen LogP contribution in [0.2, 0.25) is 0 Å². The van der Waals surface area contributed by atoms with E-state index in [0.29, 0.717) is 16.8 Å². The highest BCUT2D eigenvalue weighted by Crippen LogP contribution is 2.13. The van der Waals surface area contributed by atoms with Gasteiger partial charge in [0.05, 0.1) is 0 Å². The minimum absolute atomic E-state index is 0.184. The van der Waals surface area contributed by atoms with Crippen LogP contribution in [0.1, 0.15) is 27.2 Å². The highest BCUT2D eigenvalue weighted by molar-refractivity contribution is 6.07. The van der Waals surface area contributed by atoms with Crippen LogP contribution in [0, 0.1) is 19.7 Å². The molecule has 2 aromatic rings. The second-order valence-corrected chi connectivity index (χ2v) is 4.01. The van der Waals surface area contributed by atoms with E-state index < -0.39 is 0 Å². The number of rotatable bonds is 2. The summed E-state index contributed by atoms with van der Waals surface area (Å²) in [6.45, 7) is 3.53. The Kier molecular flexibility index (Phi) is 3.00. The number of pyridine rings is 1. The van der Waals surface area contributed by atoms with Crippen LogP contribution >= 0.6 is 0 Å². The number of nitrogens with zero attached hydrogens (tertiary/aromatic N) is 1. The second-order valence-electron chi connectivity index (χ2n) is 4.01. The summed E-state index contributed by atoms with van der Waals surface area (Å²) in [5.74, 6) is -0.490. The zero-order valence-corrected chi connectivity index (χ0v) is 9.70. The van der Waals surface area contributed by atoms with Crippen molar-refractivity contribution in [2.75, 3.05) is 0 Å². The molecule has 0 bridgehead atoms. The zero-order chi connectivity index (χ0) is 12.4. The van der Waals surface area contributed by atoms with Crippen molar-refractivity contribution in [3.8, 4) is 0 Å². The van der Waals surface area contributed by atoms with Crippen LogP contribution in [-0.2, 0) is 0 Å². The van der Waals surface area contributed by atoms with Gasteiger partial charge in [0.15, 0.2) is 0 Å². The molecule has 0 N–H and O–H groups in total. The second kappa shape index (κ2) is 4.45. The number of hydrogen-bond acceptors (Lipinski definition) is 2. The molecule has 0 spiro atoms. The molecule has 0 saturated heterocycles. The van der Waals surface area contributed by atoms with Crippen LogP contribution < -0.4 is 0 Å². The van der Waals surface area contributed by atoms with Crippen molar-refractivity contribution in [2.45, 2.75) is 13.8 Å². The molecule has 1 aromatic heterocycles. The molecule has 0 aliphatic rings. The highest BCUT2D eigenvalue weighted by atomic mass is 19.1. The Morgan fingerprint density at radius 3 is 2.59 bits per heavy atom. The van der Waals surface area contributed by atoms with Crippen molar-refractivity contribution in [3.63, 3.8) is 0 Å². The van der Waals surface area contributed by atoms with Crippen molar-refractivity contribution in [2.24, 2.45) is 0 Å². The summed E-state index contributed by atoms with van der Waals surface area (Å²) in [6.07, 6.45) is 1.60. The Hall–Kier alpha value is -2.03. The fraction of sp³-hybridized carbons (Fsp3) is 0.143. The number of carbonyl (C=O) groups is 1. The first kappa shape index (κ1) is 11.5. The van der Waals surface area contributed by atoms with Gasteiger partial charge in [-0.2, -0.15) is 0 Å². The molecule has 0 aliphatic carbocycles. The first-order valence-electron chi connectivity index (χ1n) is 5.31. The lowest BCUT2D eigenvalue weighted by Gasteiger charge is -2.03. The summed E-state index contributed by atoms with van der Waals surface area (Å²) in [5, 5.41) is 0. The summed E-state index contributed by atoms with van der Waals surface area (Å²) >= 11 is 0. The van der Waals surface area contributed by atoms with Gasteiger partial charge in [-0.3, -0.25) is 9.78 Å². The van der Waals surface area contributed by atoms with Gasteiger partial charge in [0.2, 0.25) is 5.78 Å². The average Bonchev–Trinajstić information content (AvgIpc) is 2.32. The lowest BCUT2D eigenvalue weighted by Crippen LogP contribution is -2.04. The number of benzene rings is 1. The van der Waals surface area contributed by atoms with Crippen LogP contribution in [-0.4, -0.2) is 10.8 Å². The van der Waals surface area contributed by atoms with Crippen LogP contribution in [0.25, 0.3) is 0 Å². The third kappa shape index (κ3) is 2.38. The molecule has 2 nitrogen and oxygen atoms in total. The van der Waals surface area contributed by atoms with Gasteiger partial charge in [0.25, 0.3) is 0 Å². The van der Waals surface area contributed by atoms with E-state index in [4.69, 9.17) is 0 Å². The third-order valence-corrected chi connectivity index (χ3v) is 2.57. The molecule has 0 saturated carbocycles. The molecule has 17 heavy (non-hydrogen) atoms. The number of ketones is 1. The van der Waals surface area contributed by atoms with E-state index in [1.807, 2.05) is 13.0 Å². The lowest BCUT2D eigenvalue weighted by atomic mass is 10.0. The molecule has 0 radical (unpaired) electrons. The van der Waals surface area contributed by atoms with Crippen LogP contribution in [0.4, 0.5) is 4.39 Å². The molecule has 3 heteroatoms. The predicted octanol–water partition coefficient (Wildman–Crippen LogP) is 3.07. The molecule has 0 unspecified atom stereocenters. The summed E-state index contributed by atoms with van der Waals surface area (Å²) in [5.41, 5.74) is 2.28. The maximum absolute atomic E-state index is 13.1. The fourth-order valence-electron chi connectivity index (χ4n) is 1.59. The van der Waals surface area contributed by atoms with Gasteiger partial charge in [-0.1, -0.05) is 0 Å². The third-order valence-electron chi connectivity index (χ3n) is 2.57. The normalized spacial score (nSPS) is 10.3. The number of aromatic nitrogens is 1. The highest BCUT2D eigenvalue weighted by Gasteiger charge is 2.11. The van der Waals surface area contributed by atoms with Crippen molar-refractivity contribution >= 4 is 5.78 Å². The van der Waals surface area contributed by atoms with E-state index in [2.05, 4.69) is 4.98 Å². The Morgan fingerprint density at radius 1 is 1.18 bits per heavy atom. The van der Waals surface area contributed by atoms with E-state index in [1.165, 1.54) is 12.1 Å². The topological polar surface area (TPSA) is 30.0 Å². The SMILES string of the molecule is Cc1ccnc(C(=O)c2ccc(F)c(C)c2)c1. The number of aryl methyl sites for hydroxylation is 2. The van der Waals surface area contributed by atoms with Gasteiger partial charge in [0.1, 0.15) is 11.5 Å². The quantitative estimate of drug-likeness (QED) is 0.741. The first-order valence-corrected chi connectivity index (χ1v) is 5.31. The molecular formula is C14H12FNO. The van der Waals surface area contributed by atoms with Gasteiger partial charge in [0, 0.05) is 11.8 Å². The van der Waals surface area contributed by atoms with E-state index in [1.54, 1.807) is 25.3 Å². The molecule has 0 aliphatic heterocycles. The fourth-order valence-corrected chi connectivity index (χ4v) is 1.59. The molecule has 86 valence electrons. The molecular weight excluding hydrogens is 217 g/mol. The van der Waals surface area contributed by atoms with Gasteiger partial charge in [-0.25, -0.2) is 4.39 Å². The Morgan fingerprint density at radius 2 is 1.94 bits per heavy atom. The summed E-state index contributed by atoms with van der Waals surface area (Å²) in [7, 11) is 0. The predicted molar refractivity (Wildman–Crippen MR) is 63.5 cm³/mol. The van der Waals surface area contributed by atoms with Crippen molar-refractivity contribution in [3.05, 3.63) is 64.7 Å². The largest absolute Gasteiger partial charge is 0.287 e. The molecule has 0 amide bonds. The summed E-state index contributed by atoms with van der Waals surface area (Å²) in [4.78, 5) is 16.1. The van der Waals surface area contributed by atoms with Crippen molar-refractivity contribution < 1.29 is 9.18 Å². The van der Waals surface area contributed by atoms with E-state index in [-0.39, 0.29) is 11.6 Å². The van der Waals surface area contributed by atoms with Gasteiger partial charge < -0.3 is 0 Å². The zero-order valence-electron chi connectivity index (χ0n) is 9.70. The van der Waals surface area contributed by atoms with Crippen molar-refractivity contribution in [1.82, 2.24) is 4.98 Å². The average molecular weight is 229 g/mol. The summed E-state index contributed by atoms with van der Waals surface area (Å²) in [6, 6.07) is 7.88. The number of hydrogen-bond donors (Lipinski definition) is 0. The minimum atomic E-state index is -0.307. The maximum atomic E-state index is 13.1. The van der Waals surface area contributed by atoms with Crippen LogP contribution in [0.5, 0.6) is 0 Å². The van der Waals surface area contributed by atoms with Crippen molar-refractivity contribution in [1.29, 1.82) is 0 Å². The molecule has 1 aromatic carbocycles. The Balaban J connectivity index is 2.40. The molecule has 2 rings (SSSR count). The van der Waals surface area contributed by atoms with Gasteiger partial charge >= 0.3 is 0 Å². The first-order chi connectivity index (χ1) is 8.08. The minimum Gasteiger partial charge on any atom is -0.287 e. The lowest BCUT2D eigenvalue weighted by molar-refractivity contribution is 0.103. The van der Waals surface area contributed by atoms with E-state index in [0.717, 1.165) is 5.56 Å². The van der Waals surface area contributed by atoms with E-state index in [9.17, 15) is 9.18 Å². The molecule has 0 atom stereocenters. The van der Waals surface area contributed by atoms with Gasteiger partial charge in [-0.15, -0.1) is 0 Å². The maximum Gasteiger partial charge on any atom is 0.211 e. The standard InChI is InChI=1S/C14H12FNO/c1-9-5-6-16-13(7-9)14(17)11-3-4-12(15)10(2)8-11/h3-8H,1-2H3. The van der Waals surface area contributed by atoms with Gasteiger partial charge in [-0.05, 0) is 55.3 Å².